The molecule has 0 saturated carbocycles. The zero-order valence-electron chi connectivity index (χ0n) is 17.3. The molecule has 4 rings (SSSR count). The Labute approximate surface area is 181 Å². The second-order valence-electron chi connectivity index (χ2n) is 7.59. The molecule has 31 heavy (non-hydrogen) atoms. The lowest BCUT2D eigenvalue weighted by molar-refractivity contribution is 0.102. The van der Waals surface area contributed by atoms with Gasteiger partial charge in [-0.25, -0.2) is 13.6 Å². The molecule has 1 aromatic heterocycles. The molecule has 0 bridgehead atoms. The zero-order valence-corrected chi connectivity index (χ0v) is 18.1. The average Bonchev–Trinajstić information content (AvgIpc) is 3.10. The zero-order chi connectivity index (χ0) is 22.2. The summed E-state index contributed by atoms with van der Waals surface area (Å²) in [5.74, 6) is -0.308. The van der Waals surface area contributed by atoms with Crippen LogP contribution < -0.4 is 10.5 Å². The first kappa shape index (κ1) is 20.8. The first-order chi connectivity index (χ1) is 14.7. The third kappa shape index (κ3) is 4.23. The lowest BCUT2D eigenvalue weighted by atomic mass is 10.1. The Morgan fingerprint density at radius 3 is 2.39 bits per heavy atom. The van der Waals surface area contributed by atoms with E-state index in [0.29, 0.717) is 17.8 Å². The summed E-state index contributed by atoms with van der Waals surface area (Å²) in [5, 5.41) is 9.00. The van der Waals surface area contributed by atoms with Gasteiger partial charge in [-0.3, -0.25) is 4.79 Å². The smallest absolute Gasteiger partial charge is 0.257 e. The highest BCUT2D eigenvalue weighted by Crippen LogP contribution is 2.27. The molecule has 0 aliphatic carbocycles. The van der Waals surface area contributed by atoms with Gasteiger partial charge in [0, 0.05) is 29.3 Å². The van der Waals surface area contributed by atoms with Crippen molar-refractivity contribution in [2.24, 2.45) is 5.14 Å². The van der Waals surface area contributed by atoms with Crippen molar-refractivity contribution in [1.82, 2.24) is 4.57 Å². The van der Waals surface area contributed by atoms with Crippen LogP contribution >= 0.6 is 0 Å². The summed E-state index contributed by atoms with van der Waals surface area (Å²) in [5.41, 5.74) is 4.53. The SMILES string of the molecule is Cc1cc(S(N)(=O)=O)cc(NC(=O)c2cn(Cc3ccccc3)c3ccccc23)c1C. The van der Waals surface area contributed by atoms with Crippen molar-refractivity contribution >= 4 is 32.5 Å². The average molecular weight is 434 g/mol. The van der Waals surface area contributed by atoms with E-state index in [0.717, 1.165) is 27.6 Å². The number of carbonyl (C=O) groups excluding carboxylic acids is 1. The van der Waals surface area contributed by atoms with Gasteiger partial charge in [0.05, 0.1) is 10.5 Å². The van der Waals surface area contributed by atoms with Crippen molar-refractivity contribution in [3.8, 4) is 0 Å². The molecule has 4 aromatic rings. The highest BCUT2D eigenvalue weighted by molar-refractivity contribution is 7.89. The van der Waals surface area contributed by atoms with Crippen molar-refractivity contribution in [2.75, 3.05) is 5.32 Å². The number of hydrogen-bond donors (Lipinski definition) is 2. The second kappa shape index (κ2) is 8.02. The molecule has 1 amide bonds. The Bertz CT molecular complexity index is 1390. The predicted octanol–water partition coefficient (Wildman–Crippen LogP) is 4.21. The Morgan fingerprint density at radius 2 is 1.68 bits per heavy atom. The number of para-hydroxylation sites is 1. The highest BCUT2D eigenvalue weighted by Gasteiger charge is 2.18. The number of nitrogens with one attached hydrogen (secondary N) is 1. The van der Waals surface area contributed by atoms with E-state index in [-0.39, 0.29) is 10.8 Å². The maximum absolute atomic E-state index is 13.2. The van der Waals surface area contributed by atoms with Crippen molar-refractivity contribution in [2.45, 2.75) is 25.3 Å². The van der Waals surface area contributed by atoms with E-state index in [1.807, 2.05) is 72.3 Å². The first-order valence-electron chi connectivity index (χ1n) is 9.81. The maximum Gasteiger partial charge on any atom is 0.257 e. The van der Waals surface area contributed by atoms with E-state index >= 15 is 0 Å². The molecule has 0 atom stereocenters. The Morgan fingerprint density at radius 1 is 1.00 bits per heavy atom. The highest BCUT2D eigenvalue weighted by atomic mass is 32.2. The number of nitrogens with zero attached hydrogens (tertiary/aromatic N) is 1. The Hall–Kier alpha value is -3.42. The number of sulfonamides is 1. The third-order valence-corrected chi connectivity index (χ3v) is 6.34. The van der Waals surface area contributed by atoms with Crippen molar-refractivity contribution in [1.29, 1.82) is 0 Å². The number of benzene rings is 3. The minimum absolute atomic E-state index is 0.0302. The molecule has 0 fully saturated rings. The number of carbonyl (C=O) groups is 1. The number of amides is 1. The van der Waals surface area contributed by atoms with E-state index in [1.54, 1.807) is 6.92 Å². The van der Waals surface area contributed by atoms with Gasteiger partial charge < -0.3 is 9.88 Å². The minimum atomic E-state index is -3.89. The topological polar surface area (TPSA) is 94.2 Å². The molecule has 3 N–H and O–H groups in total. The number of aromatic nitrogens is 1. The van der Waals surface area contributed by atoms with Crippen LogP contribution in [0.3, 0.4) is 0 Å². The van der Waals surface area contributed by atoms with E-state index in [2.05, 4.69) is 5.32 Å². The van der Waals surface area contributed by atoms with Gasteiger partial charge in [-0.05, 0) is 48.7 Å². The molecule has 3 aromatic carbocycles. The summed E-state index contributed by atoms with van der Waals surface area (Å²) < 4.78 is 25.7. The summed E-state index contributed by atoms with van der Waals surface area (Å²) in [6.45, 7) is 4.25. The van der Waals surface area contributed by atoms with Crippen LogP contribution in [0.5, 0.6) is 0 Å². The van der Waals surface area contributed by atoms with Gasteiger partial charge in [0.25, 0.3) is 5.91 Å². The maximum atomic E-state index is 13.2. The lowest BCUT2D eigenvalue weighted by Crippen LogP contribution is -2.16. The van der Waals surface area contributed by atoms with Crippen LogP contribution in [-0.4, -0.2) is 18.9 Å². The van der Waals surface area contributed by atoms with E-state index in [9.17, 15) is 13.2 Å². The number of rotatable bonds is 5. The number of aryl methyl sites for hydroxylation is 1. The molecular weight excluding hydrogens is 410 g/mol. The summed E-state index contributed by atoms with van der Waals surface area (Å²) in [6, 6.07) is 20.6. The largest absolute Gasteiger partial charge is 0.342 e. The fourth-order valence-corrected chi connectivity index (χ4v) is 4.27. The molecule has 158 valence electrons. The summed E-state index contributed by atoms with van der Waals surface area (Å²) >= 11 is 0. The molecule has 7 heteroatoms. The van der Waals surface area contributed by atoms with Crippen LogP contribution in [-0.2, 0) is 16.6 Å². The number of primary sulfonamides is 1. The summed E-state index contributed by atoms with van der Waals surface area (Å²) in [7, 11) is -3.89. The Kier molecular flexibility index (Phi) is 5.39. The van der Waals surface area contributed by atoms with Gasteiger partial charge in [0.1, 0.15) is 0 Å². The number of fused-ring (bicyclic) bond motifs is 1. The second-order valence-corrected chi connectivity index (χ2v) is 9.15. The predicted molar refractivity (Wildman–Crippen MR) is 123 cm³/mol. The fraction of sp³-hybridized carbons (Fsp3) is 0.125. The molecule has 0 saturated heterocycles. The van der Waals surface area contributed by atoms with Crippen LogP contribution in [0.1, 0.15) is 27.0 Å². The van der Waals surface area contributed by atoms with Crippen LogP contribution in [0.15, 0.2) is 77.8 Å². The minimum Gasteiger partial charge on any atom is -0.342 e. The molecule has 1 heterocycles. The van der Waals surface area contributed by atoms with Gasteiger partial charge in [-0.1, -0.05) is 48.5 Å². The quantitative estimate of drug-likeness (QED) is 0.494. The van der Waals surface area contributed by atoms with Crippen molar-refractivity contribution in [3.05, 3.63) is 95.2 Å². The number of hydrogen-bond acceptors (Lipinski definition) is 3. The number of nitrogens with two attached hydrogens (primary N) is 1. The molecule has 0 unspecified atom stereocenters. The van der Waals surface area contributed by atoms with Crippen LogP contribution in [0, 0.1) is 13.8 Å². The molecule has 0 radical (unpaired) electrons. The van der Waals surface area contributed by atoms with E-state index in [1.165, 1.54) is 12.1 Å². The van der Waals surface area contributed by atoms with Gasteiger partial charge in [-0.15, -0.1) is 0 Å². The fourth-order valence-electron chi connectivity index (χ4n) is 3.65. The lowest BCUT2D eigenvalue weighted by Gasteiger charge is -2.12. The Balaban J connectivity index is 1.73. The molecule has 0 aliphatic heterocycles. The normalized spacial score (nSPS) is 11.6. The standard InChI is InChI=1S/C24H23N3O3S/c1-16-12-19(31(25,29)30)13-22(17(16)2)26-24(28)21-15-27(14-18-8-4-3-5-9-18)23-11-7-6-10-20(21)23/h3-13,15H,14H2,1-2H3,(H,26,28)(H2,25,29,30). The van der Waals surface area contributed by atoms with Crippen LogP contribution in [0.4, 0.5) is 5.69 Å². The summed E-state index contributed by atoms with van der Waals surface area (Å²) in [6.07, 6.45) is 1.83. The van der Waals surface area contributed by atoms with Gasteiger partial charge in [0.15, 0.2) is 0 Å². The molecular formula is C24H23N3O3S. The molecule has 0 aliphatic rings. The third-order valence-electron chi connectivity index (χ3n) is 5.45. The molecule has 6 nitrogen and oxygen atoms in total. The summed E-state index contributed by atoms with van der Waals surface area (Å²) in [4.78, 5) is 13.2. The number of anilines is 1. The van der Waals surface area contributed by atoms with Crippen LogP contribution in [0.2, 0.25) is 0 Å². The van der Waals surface area contributed by atoms with Gasteiger partial charge >= 0.3 is 0 Å². The monoisotopic (exact) mass is 433 g/mol. The van der Waals surface area contributed by atoms with E-state index < -0.39 is 10.0 Å². The first-order valence-corrected chi connectivity index (χ1v) is 11.4. The van der Waals surface area contributed by atoms with Gasteiger partial charge in [-0.2, -0.15) is 0 Å². The van der Waals surface area contributed by atoms with Gasteiger partial charge in [0.2, 0.25) is 10.0 Å². The van der Waals surface area contributed by atoms with E-state index in [4.69, 9.17) is 5.14 Å². The van der Waals surface area contributed by atoms with Crippen molar-refractivity contribution < 1.29 is 13.2 Å². The molecule has 0 spiro atoms. The van der Waals surface area contributed by atoms with Crippen molar-refractivity contribution in [3.63, 3.8) is 0 Å². The van der Waals surface area contributed by atoms with Crippen LogP contribution in [0.25, 0.3) is 10.9 Å².